The van der Waals surface area contributed by atoms with Gasteiger partial charge in [-0.15, -0.1) is 0 Å². The second-order valence-corrected chi connectivity index (χ2v) is 4.87. The summed E-state index contributed by atoms with van der Waals surface area (Å²) in [7, 11) is 1.49. The summed E-state index contributed by atoms with van der Waals surface area (Å²) >= 11 is 0. The molecule has 102 valence electrons. The van der Waals surface area contributed by atoms with Gasteiger partial charge in [-0.25, -0.2) is 4.39 Å². The topological polar surface area (TPSA) is 58.7 Å². The fourth-order valence-corrected chi connectivity index (χ4v) is 1.81. The molecule has 3 N–H and O–H groups in total. The molecule has 5 heteroatoms. The van der Waals surface area contributed by atoms with Gasteiger partial charge in [-0.1, -0.05) is 0 Å². The van der Waals surface area contributed by atoms with Crippen molar-refractivity contribution in [2.24, 2.45) is 0 Å². The number of benzene rings is 1. The minimum absolute atomic E-state index is 0.262. The van der Waals surface area contributed by atoms with Crippen LogP contribution in [-0.4, -0.2) is 30.9 Å². The molecule has 0 unspecified atom stereocenters. The first-order chi connectivity index (χ1) is 8.28. The quantitative estimate of drug-likeness (QED) is 0.791. The van der Waals surface area contributed by atoms with Crippen LogP contribution in [0.5, 0.6) is 5.75 Å². The van der Waals surface area contributed by atoms with E-state index in [1.165, 1.54) is 13.2 Å². The van der Waals surface area contributed by atoms with Crippen molar-refractivity contribution in [2.45, 2.75) is 26.4 Å². The lowest BCUT2D eigenvalue weighted by atomic mass is 10.1. The Kier molecular flexibility index (Phi) is 4.40. The molecule has 0 atom stereocenters. The summed E-state index contributed by atoms with van der Waals surface area (Å²) in [4.78, 5) is 1.75. The van der Waals surface area contributed by atoms with Gasteiger partial charge in [0, 0.05) is 25.2 Å². The van der Waals surface area contributed by atoms with E-state index < -0.39 is 11.4 Å². The summed E-state index contributed by atoms with van der Waals surface area (Å²) in [5, 5.41) is 9.83. The summed E-state index contributed by atoms with van der Waals surface area (Å²) in [6.07, 6.45) is 0. The van der Waals surface area contributed by atoms with Gasteiger partial charge in [-0.05, 0) is 20.8 Å². The molecule has 0 spiro atoms. The maximum absolute atomic E-state index is 13.9. The van der Waals surface area contributed by atoms with E-state index in [9.17, 15) is 9.50 Å². The highest BCUT2D eigenvalue weighted by Gasteiger charge is 2.21. The highest BCUT2D eigenvalue weighted by molar-refractivity contribution is 5.63. The zero-order valence-corrected chi connectivity index (χ0v) is 11.3. The first kappa shape index (κ1) is 14.6. The van der Waals surface area contributed by atoms with Gasteiger partial charge >= 0.3 is 0 Å². The number of hydrogen-bond acceptors (Lipinski definition) is 4. The second-order valence-electron chi connectivity index (χ2n) is 4.87. The van der Waals surface area contributed by atoms with Crippen LogP contribution in [0.2, 0.25) is 0 Å². The zero-order valence-electron chi connectivity index (χ0n) is 11.3. The summed E-state index contributed by atoms with van der Waals surface area (Å²) in [6, 6.07) is 2.79. The number of ether oxygens (including phenoxy) is 1. The Labute approximate surface area is 107 Å². The fourth-order valence-electron chi connectivity index (χ4n) is 1.81. The Morgan fingerprint density at radius 3 is 2.50 bits per heavy atom. The molecule has 0 heterocycles. The molecular weight excluding hydrogens is 235 g/mol. The zero-order chi connectivity index (χ0) is 13.9. The summed E-state index contributed by atoms with van der Waals surface area (Å²) < 4.78 is 19.0. The first-order valence-electron chi connectivity index (χ1n) is 5.89. The average molecular weight is 256 g/mol. The number of hydrogen-bond donors (Lipinski definition) is 2. The van der Waals surface area contributed by atoms with Crippen molar-refractivity contribution in [1.29, 1.82) is 0 Å². The van der Waals surface area contributed by atoms with Gasteiger partial charge in [-0.3, -0.25) is 0 Å². The smallest absolute Gasteiger partial charge is 0.148 e. The molecule has 1 rings (SSSR count). The van der Waals surface area contributed by atoms with Crippen molar-refractivity contribution in [3.05, 3.63) is 17.9 Å². The van der Waals surface area contributed by atoms with Crippen LogP contribution < -0.4 is 15.4 Å². The largest absolute Gasteiger partial charge is 0.495 e. The Morgan fingerprint density at radius 2 is 2.06 bits per heavy atom. The van der Waals surface area contributed by atoms with Crippen molar-refractivity contribution in [3.8, 4) is 5.75 Å². The molecule has 1 aromatic carbocycles. The molecule has 0 bridgehead atoms. The average Bonchev–Trinajstić information content (AvgIpc) is 2.25. The number of aliphatic hydroxyl groups is 1. The van der Waals surface area contributed by atoms with Crippen molar-refractivity contribution < 1.29 is 14.2 Å². The summed E-state index contributed by atoms with van der Waals surface area (Å²) in [5.41, 5.74) is 5.37. The number of nitrogens with zero attached hydrogens (tertiary/aromatic N) is 1. The number of halogens is 1. The highest BCUT2D eigenvalue weighted by Crippen LogP contribution is 2.31. The second kappa shape index (κ2) is 5.44. The standard InChI is InChI=1S/C13H21FN2O2/c1-5-16(8-13(2,3)17)11-7-12(18-4)10(15)6-9(11)14/h6-7,17H,5,8,15H2,1-4H3. The van der Waals surface area contributed by atoms with E-state index in [4.69, 9.17) is 10.5 Å². The van der Waals surface area contributed by atoms with Crippen LogP contribution in [0.15, 0.2) is 12.1 Å². The monoisotopic (exact) mass is 256 g/mol. The lowest BCUT2D eigenvalue weighted by molar-refractivity contribution is 0.0874. The van der Waals surface area contributed by atoms with Gasteiger partial charge in [0.1, 0.15) is 11.6 Å². The molecule has 0 fully saturated rings. The molecule has 0 aliphatic carbocycles. The Morgan fingerprint density at radius 1 is 1.44 bits per heavy atom. The Hall–Kier alpha value is -1.49. The molecule has 0 saturated carbocycles. The first-order valence-corrected chi connectivity index (χ1v) is 5.89. The molecule has 0 saturated heterocycles. The van der Waals surface area contributed by atoms with Crippen LogP contribution >= 0.6 is 0 Å². The van der Waals surface area contributed by atoms with Crippen molar-refractivity contribution in [3.63, 3.8) is 0 Å². The Balaban J connectivity index is 3.13. The number of likely N-dealkylation sites (N-methyl/N-ethyl adjacent to an activating group) is 1. The highest BCUT2D eigenvalue weighted by atomic mass is 19.1. The maximum atomic E-state index is 13.9. The lowest BCUT2D eigenvalue weighted by Gasteiger charge is -2.30. The molecule has 1 aromatic rings. The van der Waals surface area contributed by atoms with Crippen LogP contribution in [0, 0.1) is 5.82 Å². The van der Waals surface area contributed by atoms with E-state index in [1.54, 1.807) is 24.8 Å². The van der Waals surface area contributed by atoms with Gasteiger partial charge in [-0.2, -0.15) is 0 Å². The van der Waals surface area contributed by atoms with Crippen LogP contribution in [0.4, 0.5) is 15.8 Å². The normalized spacial score (nSPS) is 11.4. The van der Waals surface area contributed by atoms with Gasteiger partial charge in [0.15, 0.2) is 0 Å². The molecule has 0 amide bonds. The number of nitrogens with two attached hydrogens (primary N) is 1. The van der Waals surface area contributed by atoms with Gasteiger partial charge in [0.25, 0.3) is 0 Å². The third-order valence-electron chi connectivity index (χ3n) is 2.60. The Bertz CT molecular complexity index is 416. The van der Waals surface area contributed by atoms with Gasteiger partial charge < -0.3 is 20.5 Å². The van der Waals surface area contributed by atoms with Crippen molar-refractivity contribution in [2.75, 3.05) is 30.8 Å². The third kappa shape index (κ3) is 3.50. The minimum Gasteiger partial charge on any atom is -0.495 e. The molecule has 0 radical (unpaired) electrons. The van der Waals surface area contributed by atoms with E-state index in [0.29, 0.717) is 24.5 Å². The SMILES string of the molecule is CCN(CC(C)(C)O)c1cc(OC)c(N)cc1F. The molecule has 4 nitrogen and oxygen atoms in total. The van der Waals surface area contributed by atoms with Crippen LogP contribution in [0.1, 0.15) is 20.8 Å². The van der Waals surface area contributed by atoms with Gasteiger partial charge in [0.2, 0.25) is 0 Å². The van der Waals surface area contributed by atoms with Crippen molar-refractivity contribution in [1.82, 2.24) is 0 Å². The predicted molar refractivity (Wildman–Crippen MR) is 71.5 cm³/mol. The number of nitrogen functional groups attached to an aromatic ring is 1. The third-order valence-corrected chi connectivity index (χ3v) is 2.60. The van der Waals surface area contributed by atoms with Crippen LogP contribution in [-0.2, 0) is 0 Å². The fraction of sp³-hybridized carbons (Fsp3) is 0.538. The van der Waals surface area contributed by atoms with E-state index in [1.807, 2.05) is 6.92 Å². The molecule has 18 heavy (non-hydrogen) atoms. The summed E-state index contributed by atoms with van der Waals surface area (Å²) in [6.45, 7) is 6.17. The summed E-state index contributed by atoms with van der Waals surface area (Å²) in [5.74, 6) is 0.0139. The molecule has 0 aromatic heterocycles. The molecular formula is C13H21FN2O2. The van der Waals surface area contributed by atoms with E-state index in [0.717, 1.165) is 0 Å². The number of anilines is 2. The number of methoxy groups -OCH3 is 1. The number of rotatable bonds is 5. The lowest BCUT2D eigenvalue weighted by Crippen LogP contribution is -2.39. The maximum Gasteiger partial charge on any atom is 0.148 e. The minimum atomic E-state index is -0.906. The van der Waals surface area contributed by atoms with Crippen molar-refractivity contribution >= 4 is 11.4 Å². The van der Waals surface area contributed by atoms with Crippen LogP contribution in [0.25, 0.3) is 0 Å². The molecule has 0 aliphatic rings. The van der Waals surface area contributed by atoms with Crippen LogP contribution in [0.3, 0.4) is 0 Å². The van der Waals surface area contributed by atoms with E-state index >= 15 is 0 Å². The predicted octanol–water partition coefficient (Wildman–Crippen LogP) is 2.01. The van der Waals surface area contributed by atoms with E-state index in [-0.39, 0.29) is 5.69 Å². The molecule has 0 aliphatic heterocycles. The van der Waals surface area contributed by atoms with E-state index in [2.05, 4.69) is 0 Å². The van der Waals surface area contributed by atoms with Gasteiger partial charge in [0.05, 0.1) is 24.1 Å².